The number of pyridine rings is 1. The number of hydrogen-bond donors (Lipinski definition) is 2. The largest absolute Gasteiger partial charge is 0.384 e. The second-order valence-corrected chi connectivity index (χ2v) is 6.02. The number of halogens is 2. The first-order valence-electron chi connectivity index (χ1n) is 6.56. The highest BCUT2D eigenvalue weighted by molar-refractivity contribution is 14.1. The number of aromatic nitrogens is 1. The van der Waals surface area contributed by atoms with Crippen LogP contribution in [0.5, 0.6) is 0 Å². The predicted octanol–water partition coefficient (Wildman–Crippen LogP) is 4.41. The number of carbonyl (C=O) groups excluding carboxylic acids is 1. The SMILES string of the molecule is CCCNc1ccncc1C(=O)Nc1ccc(Cl)cc1I. The Labute approximate surface area is 142 Å². The van der Waals surface area contributed by atoms with Gasteiger partial charge in [0, 0.05) is 27.5 Å². The maximum atomic E-state index is 12.4. The second kappa shape index (κ2) is 7.61. The van der Waals surface area contributed by atoms with Gasteiger partial charge in [0.25, 0.3) is 5.91 Å². The third kappa shape index (κ3) is 4.31. The van der Waals surface area contributed by atoms with Crippen molar-refractivity contribution in [3.63, 3.8) is 0 Å². The van der Waals surface area contributed by atoms with Gasteiger partial charge in [0.15, 0.2) is 0 Å². The lowest BCUT2D eigenvalue weighted by Gasteiger charge is -2.12. The number of amides is 1. The lowest BCUT2D eigenvalue weighted by molar-refractivity contribution is 0.102. The minimum atomic E-state index is -0.193. The molecule has 0 saturated carbocycles. The molecule has 0 spiro atoms. The number of nitrogens with one attached hydrogen (secondary N) is 2. The van der Waals surface area contributed by atoms with Gasteiger partial charge in [-0.1, -0.05) is 18.5 Å². The molecular weight excluding hydrogens is 401 g/mol. The maximum absolute atomic E-state index is 12.4. The summed E-state index contributed by atoms with van der Waals surface area (Å²) in [4.78, 5) is 16.4. The van der Waals surface area contributed by atoms with E-state index in [2.05, 4.69) is 45.1 Å². The zero-order chi connectivity index (χ0) is 15.2. The van der Waals surface area contributed by atoms with Crippen LogP contribution in [0, 0.1) is 3.57 Å². The van der Waals surface area contributed by atoms with Crippen LogP contribution in [-0.4, -0.2) is 17.4 Å². The van der Waals surface area contributed by atoms with E-state index in [1.54, 1.807) is 36.7 Å². The number of rotatable bonds is 5. The van der Waals surface area contributed by atoms with Crippen molar-refractivity contribution in [1.29, 1.82) is 0 Å². The second-order valence-electron chi connectivity index (χ2n) is 4.43. The summed E-state index contributed by atoms with van der Waals surface area (Å²) in [5.74, 6) is -0.193. The molecule has 110 valence electrons. The van der Waals surface area contributed by atoms with Crippen molar-refractivity contribution in [1.82, 2.24) is 4.98 Å². The average molecular weight is 416 g/mol. The summed E-state index contributed by atoms with van der Waals surface area (Å²) in [7, 11) is 0. The highest BCUT2D eigenvalue weighted by Crippen LogP contribution is 2.23. The van der Waals surface area contributed by atoms with Crippen molar-refractivity contribution in [3.8, 4) is 0 Å². The zero-order valence-electron chi connectivity index (χ0n) is 11.5. The molecule has 0 unspecified atom stereocenters. The Morgan fingerprint density at radius 3 is 2.86 bits per heavy atom. The summed E-state index contributed by atoms with van der Waals surface area (Å²) in [5.41, 5.74) is 2.04. The van der Waals surface area contributed by atoms with Gasteiger partial charge >= 0.3 is 0 Å². The molecule has 1 aromatic carbocycles. The van der Waals surface area contributed by atoms with E-state index in [-0.39, 0.29) is 5.91 Å². The van der Waals surface area contributed by atoms with Gasteiger partial charge in [-0.25, -0.2) is 0 Å². The topological polar surface area (TPSA) is 54.0 Å². The molecule has 1 heterocycles. The molecule has 0 saturated heterocycles. The Morgan fingerprint density at radius 1 is 1.33 bits per heavy atom. The standard InChI is InChI=1S/C15H15ClIN3O/c1-2-6-19-13-5-7-18-9-11(13)15(21)20-14-4-3-10(16)8-12(14)17/h3-5,7-9H,2,6H2,1H3,(H,18,19)(H,20,21). The highest BCUT2D eigenvalue weighted by Gasteiger charge is 2.13. The molecule has 0 aliphatic carbocycles. The smallest absolute Gasteiger partial charge is 0.259 e. The van der Waals surface area contributed by atoms with E-state index in [4.69, 9.17) is 11.6 Å². The lowest BCUT2D eigenvalue weighted by atomic mass is 10.2. The molecule has 0 aliphatic rings. The Hall–Kier alpha value is -1.34. The van der Waals surface area contributed by atoms with E-state index in [1.165, 1.54) is 0 Å². The van der Waals surface area contributed by atoms with E-state index >= 15 is 0 Å². The molecule has 0 radical (unpaired) electrons. The number of carbonyl (C=O) groups is 1. The molecule has 0 fully saturated rings. The maximum Gasteiger partial charge on any atom is 0.259 e. The van der Waals surface area contributed by atoms with Gasteiger partial charge in [0.05, 0.1) is 16.9 Å². The normalized spacial score (nSPS) is 10.2. The van der Waals surface area contributed by atoms with Crippen LogP contribution in [0.1, 0.15) is 23.7 Å². The van der Waals surface area contributed by atoms with Gasteiger partial charge < -0.3 is 10.6 Å². The lowest BCUT2D eigenvalue weighted by Crippen LogP contribution is -2.16. The Morgan fingerprint density at radius 2 is 2.14 bits per heavy atom. The molecule has 2 rings (SSSR count). The third-order valence-corrected chi connectivity index (χ3v) is 3.94. The fraction of sp³-hybridized carbons (Fsp3) is 0.200. The van der Waals surface area contributed by atoms with Crippen LogP contribution < -0.4 is 10.6 Å². The van der Waals surface area contributed by atoms with Crippen LogP contribution in [0.15, 0.2) is 36.7 Å². The first kappa shape index (κ1) is 16.0. The van der Waals surface area contributed by atoms with Crippen molar-refractivity contribution >= 4 is 51.5 Å². The quantitative estimate of drug-likeness (QED) is 0.711. The van der Waals surface area contributed by atoms with Gasteiger partial charge in [0.1, 0.15) is 0 Å². The molecule has 6 heteroatoms. The summed E-state index contributed by atoms with van der Waals surface area (Å²) in [5, 5.41) is 6.76. The number of nitrogens with zero attached hydrogens (tertiary/aromatic N) is 1. The first-order valence-corrected chi connectivity index (χ1v) is 8.01. The fourth-order valence-electron chi connectivity index (χ4n) is 1.77. The van der Waals surface area contributed by atoms with Crippen LogP contribution in [0.25, 0.3) is 0 Å². The minimum Gasteiger partial charge on any atom is -0.384 e. The van der Waals surface area contributed by atoms with Gasteiger partial charge in [-0.15, -0.1) is 0 Å². The van der Waals surface area contributed by atoms with Crippen LogP contribution in [0.4, 0.5) is 11.4 Å². The molecule has 2 aromatic rings. The molecule has 1 amide bonds. The first-order chi connectivity index (χ1) is 10.1. The summed E-state index contributed by atoms with van der Waals surface area (Å²) in [6.07, 6.45) is 4.22. The van der Waals surface area contributed by atoms with Crippen LogP contribution in [0.2, 0.25) is 5.02 Å². The van der Waals surface area contributed by atoms with Crippen molar-refractivity contribution in [2.45, 2.75) is 13.3 Å². The van der Waals surface area contributed by atoms with Gasteiger partial charge in [-0.3, -0.25) is 9.78 Å². The molecule has 4 nitrogen and oxygen atoms in total. The van der Waals surface area contributed by atoms with E-state index in [0.29, 0.717) is 10.6 Å². The van der Waals surface area contributed by atoms with E-state index < -0.39 is 0 Å². The number of anilines is 2. The van der Waals surface area contributed by atoms with E-state index in [1.807, 2.05) is 0 Å². The molecule has 0 bridgehead atoms. The Kier molecular flexibility index (Phi) is 5.81. The van der Waals surface area contributed by atoms with Crippen LogP contribution in [-0.2, 0) is 0 Å². The molecular formula is C15H15ClIN3O. The van der Waals surface area contributed by atoms with E-state index in [9.17, 15) is 4.79 Å². The zero-order valence-corrected chi connectivity index (χ0v) is 14.4. The van der Waals surface area contributed by atoms with Crippen molar-refractivity contribution in [2.24, 2.45) is 0 Å². The van der Waals surface area contributed by atoms with Gasteiger partial charge in [-0.2, -0.15) is 0 Å². The van der Waals surface area contributed by atoms with Crippen LogP contribution >= 0.6 is 34.2 Å². The van der Waals surface area contributed by atoms with Crippen molar-refractivity contribution in [3.05, 3.63) is 50.8 Å². The van der Waals surface area contributed by atoms with Crippen molar-refractivity contribution in [2.75, 3.05) is 17.2 Å². The highest BCUT2D eigenvalue weighted by atomic mass is 127. The van der Waals surface area contributed by atoms with E-state index in [0.717, 1.165) is 27.9 Å². The summed E-state index contributed by atoms with van der Waals surface area (Å²) >= 11 is 8.06. The Bertz CT molecular complexity index is 649. The summed E-state index contributed by atoms with van der Waals surface area (Å²) < 4.78 is 0.889. The monoisotopic (exact) mass is 415 g/mol. The average Bonchev–Trinajstić information content (AvgIpc) is 2.48. The summed E-state index contributed by atoms with van der Waals surface area (Å²) in [6, 6.07) is 7.14. The number of hydrogen-bond acceptors (Lipinski definition) is 3. The van der Waals surface area contributed by atoms with Gasteiger partial charge in [-0.05, 0) is 53.3 Å². The molecule has 1 aromatic heterocycles. The molecule has 0 atom stereocenters. The molecule has 0 aliphatic heterocycles. The predicted molar refractivity (Wildman–Crippen MR) is 95.1 cm³/mol. The third-order valence-electron chi connectivity index (χ3n) is 2.81. The Balaban J connectivity index is 2.20. The minimum absolute atomic E-state index is 0.193. The van der Waals surface area contributed by atoms with Crippen molar-refractivity contribution < 1.29 is 4.79 Å². The molecule has 21 heavy (non-hydrogen) atoms. The summed E-state index contributed by atoms with van der Waals surface area (Å²) in [6.45, 7) is 2.88. The van der Waals surface area contributed by atoms with Crippen LogP contribution in [0.3, 0.4) is 0 Å². The number of benzene rings is 1. The fourth-order valence-corrected chi connectivity index (χ4v) is 2.78. The molecule has 2 N–H and O–H groups in total. The van der Waals surface area contributed by atoms with Gasteiger partial charge in [0.2, 0.25) is 0 Å².